The van der Waals surface area contributed by atoms with Gasteiger partial charge in [0, 0.05) is 17.9 Å². The van der Waals surface area contributed by atoms with Gasteiger partial charge in [-0.3, -0.25) is 4.79 Å². The molecule has 5 fully saturated rings. The van der Waals surface area contributed by atoms with Gasteiger partial charge in [-0.1, -0.05) is 34.6 Å². The summed E-state index contributed by atoms with van der Waals surface area (Å²) in [5.41, 5.74) is 2.60. The van der Waals surface area contributed by atoms with Crippen LogP contribution in [0.1, 0.15) is 113 Å². The third kappa shape index (κ3) is 2.99. The van der Waals surface area contributed by atoms with E-state index in [-0.39, 0.29) is 29.6 Å². The smallest absolute Gasteiger partial charge is 0.334 e. The first kappa shape index (κ1) is 25.0. The predicted octanol–water partition coefficient (Wildman–Crippen LogP) is 7.26. The van der Waals surface area contributed by atoms with Crippen molar-refractivity contribution < 1.29 is 19.1 Å². The van der Waals surface area contributed by atoms with Crippen molar-refractivity contribution in [1.82, 2.24) is 0 Å². The van der Waals surface area contributed by atoms with Gasteiger partial charge >= 0.3 is 11.9 Å². The van der Waals surface area contributed by atoms with Crippen LogP contribution in [0.5, 0.6) is 0 Å². The molecular formula is C32H48O4. The number of hydrogen-bond donors (Lipinski definition) is 0. The van der Waals surface area contributed by atoms with Crippen LogP contribution in [0, 0.1) is 50.7 Å². The number of ether oxygens (including phenoxy) is 2. The number of hydrogen-bond acceptors (Lipinski definition) is 4. The number of carbonyl (C=O) groups excluding carboxylic acids is 2. The Balaban J connectivity index is 1.24. The van der Waals surface area contributed by atoms with Gasteiger partial charge in [0.1, 0.15) is 12.2 Å². The third-order valence-electron chi connectivity index (χ3n) is 13.7. The van der Waals surface area contributed by atoms with E-state index in [1.54, 1.807) is 6.92 Å². The van der Waals surface area contributed by atoms with Gasteiger partial charge in [-0.2, -0.15) is 0 Å². The number of carbonyl (C=O) groups is 2. The molecule has 0 aromatic carbocycles. The summed E-state index contributed by atoms with van der Waals surface area (Å²) in [6.45, 7) is 16.0. The van der Waals surface area contributed by atoms with Gasteiger partial charge in [0.2, 0.25) is 0 Å². The van der Waals surface area contributed by atoms with Gasteiger partial charge in [0.05, 0.1) is 0 Å². The molecule has 5 saturated carbocycles. The highest BCUT2D eigenvalue weighted by Gasteiger charge is 2.82. The molecule has 6 aliphatic rings. The van der Waals surface area contributed by atoms with Gasteiger partial charge in [-0.15, -0.1) is 0 Å². The average Bonchev–Trinajstić information content (AvgIpc) is 3.23. The minimum Gasteiger partial charge on any atom is -0.462 e. The number of cyclic esters (lactones) is 1. The van der Waals surface area contributed by atoms with Crippen LogP contribution >= 0.6 is 0 Å². The molecule has 0 N–H and O–H groups in total. The van der Waals surface area contributed by atoms with Crippen molar-refractivity contribution in [3.8, 4) is 0 Å². The lowest BCUT2D eigenvalue weighted by atomic mass is 9.41. The van der Waals surface area contributed by atoms with E-state index < -0.39 is 0 Å². The Kier molecular flexibility index (Phi) is 5.29. The monoisotopic (exact) mass is 496 g/mol. The molecule has 10 atom stereocenters. The van der Waals surface area contributed by atoms with Gasteiger partial charge in [-0.25, -0.2) is 4.79 Å². The Morgan fingerprint density at radius 1 is 1.00 bits per heavy atom. The molecule has 4 heteroatoms. The van der Waals surface area contributed by atoms with E-state index in [2.05, 4.69) is 34.6 Å². The molecular weight excluding hydrogens is 448 g/mol. The molecule has 0 radical (unpaired) electrons. The van der Waals surface area contributed by atoms with Crippen molar-refractivity contribution in [1.29, 1.82) is 0 Å². The lowest BCUT2D eigenvalue weighted by molar-refractivity contribution is -0.181. The second kappa shape index (κ2) is 7.63. The van der Waals surface area contributed by atoms with Crippen molar-refractivity contribution in [2.75, 3.05) is 0 Å². The summed E-state index contributed by atoms with van der Waals surface area (Å²) in [7, 11) is 0. The maximum Gasteiger partial charge on any atom is 0.334 e. The van der Waals surface area contributed by atoms with Crippen molar-refractivity contribution in [3.63, 3.8) is 0 Å². The van der Waals surface area contributed by atoms with E-state index in [1.807, 2.05) is 13.0 Å². The largest absolute Gasteiger partial charge is 0.462 e. The fourth-order valence-electron chi connectivity index (χ4n) is 12.0. The van der Waals surface area contributed by atoms with Gasteiger partial charge < -0.3 is 9.47 Å². The molecule has 5 aliphatic carbocycles. The van der Waals surface area contributed by atoms with Gasteiger partial charge in [0.25, 0.3) is 0 Å². The summed E-state index contributed by atoms with van der Waals surface area (Å²) in [5, 5.41) is 0. The van der Waals surface area contributed by atoms with Crippen LogP contribution in [0.25, 0.3) is 0 Å². The van der Waals surface area contributed by atoms with Crippen molar-refractivity contribution in [3.05, 3.63) is 11.6 Å². The molecule has 0 aromatic rings. The molecule has 0 amide bonds. The summed E-state index contributed by atoms with van der Waals surface area (Å²) < 4.78 is 11.5. The van der Waals surface area contributed by atoms with E-state index in [4.69, 9.17) is 9.47 Å². The normalized spacial score (nSPS) is 51.1. The molecule has 0 aromatic heterocycles. The molecule has 1 aliphatic heterocycles. The van der Waals surface area contributed by atoms with Crippen LogP contribution < -0.4 is 0 Å². The topological polar surface area (TPSA) is 52.6 Å². The maximum atomic E-state index is 11.9. The number of fused-ring (bicyclic) bond motifs is 2. The molecule has 1 heterocycles. The number of rotatable bonds is 4. The Hall–Kier alpha value is -1.32. The molecule has 10 unspecified atom stereocenters. The van der Waals surface area contributed by atoms with E-state index in [0.29, 0.717) is 39.4 Å². The zero-order chi connectivity index (χ0) is 25.9. The zero-order valence-corrected chi connectivity index (χ0v) is 23.7. The molecule has 200 valence electrons. The fourth-order valence-corrected chi connectivity index (χ4v) is 12.0. The van der Waals surface area contributed by atoms with Crippen molar-refractivity contribution in [2.24, 2.45) is 50.7 Å². The zero-order valence-electron chi connectivity index (χ0n) is 23.7. The maximum absolute atomic E-state index is 11.9. The highest BCUT2D eigenvalue weighted by molar-refractivity contribution is 5.90. The molecule has 4 nitrogen and oxygen atoms in total. The predicted molar refractivity (Wildman–Crippen MR) is 140 cm³/mol. The van der Waals surface area contributed by atoms with E-state index in [0.717, 1.165) is 24.3 Å². The molecule has 0 bridgehead atoms. The van der Waals surface area contributed by atoms with Crippen LogP contribution in [-0.2, 0) is 19.1 Å². The van der Waals surface area contributed by atoms with Crippen molar-refractivity contribution in [2.45, 2.75) is 125 Å². The first-order valence-electron chi connectivity index (χ1n) is 14.9. The summed E-state index contributed by atoms with van der Waals surface area (Å²) in [5.74, 6) is 2.52. The summed E-state index contributed by atoms with van der Waals surface area (Å²) in [6, 6.07) is 0. The number of esters is 2. The first-order chi connectivity index (χ1) is 16.8. The Morgan fingerprint density at radius 2 is 1.69 bits per heavy atom. The van der Waals surface area contributed by atoms with E-state index >= 15 is 0 Å². The van der Waals surface area contributed by atoms with Crippen LogP contribution in [0.4, 0.5) is 0 Å². The highest BCUT2D eigenvalue weighted by atomic mass is 16.5. The lowest BCUT2D eigenvalue weighted by Crippen LogP contribution is -2.58. The summed E-state index contributed by atoms with van der Waals surface area (Å²) in [6.07, 6.45) is 14.8. The second-order valence-corrected chi connectivity index (χ2v) is 15.1. The quantitative estimate of drug-likeness (QED) is 0.385. The third-order valence-corrected chi connectivity index (χ3v) is 13.7. The molecule has 2 spiro atoms. The minimum atomic E-state index is -0.128. The lowest BCUT2D eigenvalue weighted by Gasteiger charge is -2.63. The fraction of sp³-hybridized carbons (Fsp3) is 0.875. The van der Waals surface area contributed by atoms with Gasteiger partial charge in [0.15, 0.2) is 0 Å². The highest BCUT2D eigenvalue weighted by Crippen LogP contribution is 2.89. The second-order valence-electron chi connectivity index (χ2n) is 15.1. The Labute approximate surface area is 218 Å². The van der Waals surface area contributed by atoms with Gasteiger partial charge in [-0.05, 0) is 123 Å². The average molecular weight is 497 g/mol. The SMILES string of the molecule is CC(=O)OC1CCC23CC24CCC2(C)C(C(C)CC5C=C(C)C(=O)O5)CCC2(C)C4CCC3C1(C)C. The molecule has 0 saturated heterocycles. The molecule has 6 rings (SSSR count). The first-order valence-corrected chi connectivity index (χ1v) is 14.9. The van der Waals surface area contributed by atoms with Crippen LogP contribution in [0.2, 0.25) is 0 Å². The molecule has 36 heavy (non-hydrogen) atoms. The van der Waals surface area contributed by atoms with E-state index in [1.165, 1.54) is 51.4 Å². The van der Waals surface area contributed by atoms with Crippen LogP contribution in [-0.4, -0.2) is 24.1 Å². The Bertz CT molecular complexity index is 1010. The standard InChI is InChI=1S/C32H48O4/c1-19(16-22-17-20(2)27(34)36-22)23-10-12-30(7)25-9-8-24-28(4,5)26(35-21(3)33)11-13-31(24)18-32(25,31)15-14-29(23,30)6/h17,19,22-26H,8-16,18H2,1-7H3. The van der Waals surface area contributed by atoms with E-state index in [9.17, 15) is 9.59 Å². The minimum absolute atomic E-state index is 0.0327. The van der Waals surface area contributed by atoms with Crippen LogP contribution in [0.15, 0.2) is 11.6 Å². The van der Waals surface area contributed by atoms with Crippen LogP contribution in [0.3, 0.4) is 0 Å². The summed E-state index contributed by atoms with van der Waals surface area (Å²) >= 11 is 0. The summed E-state index contributed by atoms with van der Waals surface area (Å²) in [4.78, 5) is 23.8. The Morgan fingerprint density at radius 3 is 2.36 bits per heavy atom. The van der Waals surface area contributed by atoms with Crippen molar-refractivity contribution >= 4 is 11.9 Å².